The maximum Gasteiger partial charge on any atom is 0.193 e. The molecule has 1 unspecified atom stereocenters. The fourth-order valence-electron chi connectivity index (χ4n) is 3.15. The zero-order valence-corrected chi connectivity index (χ0v) is 13.8. The molecule has 0 saturated carbocycles. The zero-order chi connectivity index (χ0) is 14.9. The Morgan fingerprint density at radius 2 is 2.19 bits per heavy atom. The fourth-order valence-corrected chi connectivity index (χ4v) is 3.87. The van der Waals surface area contributed by atoms with Crippen LogP contribution in [0.1, 0.15) is 19.5 Å². The Morgan fingerprint density at radius 3 is 2.86 bits per heavy atom. The molecule has 1 fully saturated rings. The van der Waals surface area contributed by atoms with Gasteiger partial charge in [0.05, 0.1) is 18.9 Å². The van der Waals surface area contributed by atoms with Crippen LogP contribution in [0.25, 0.3) is 4.96 Å². The second-order valence-corrected chi connectivity index (χ2v) is 7.00. The van der Waals surface area contributed by atoms with E-state index < -0.39 is 0 Å². The number of thiazole rings is 1. The van der Waals surface area contributed by atoms with Crippen molar-refractivity contribution in [2.75, 3.05) is 33.4 Å². The van der Waals surface area contributed by atoms with Crippen molar-refractivity contribution >= 4 is 16.3 Å². The van der Waals surface area contributed by atoms with Gasteiger partial charge < -0.3 is 10.1 Å². The predicted octanol–water partition coefficient (Wildman–Crippen LogP) is 1.64. The van der Waals surface area contributed by atoms with Crippen molar-refractivity contribution in [2.24, 2.45) is 0 Å². The summed E-state index contributed by atoms with van der Waals surface area (Å²) < 4.78 is 7.59. The minimum Gasteiger partial charge on any atom is -0.379 e. The lowest BCUT2D eigenvalue weighted by atomic mass is 9.88. The molecule has 0 amide bonds. The Bertz CT molecular complexity index is 557. The Hall–Kier alpha value is -0.950. The third-order valence-corrected chi connectivity index (χ3v) is 5.35. The molecule has 3 heterocycles. The highest BCUT2D eigenvalue weighted by molar-refractivity contribution is 7.15. The summed E-state index contributed by atoms with van der Waals surface area (Å²) in [6.45, 7) is 8.31. The van der Waals surface area contributed by atoms with Gasteiger partial charge in [-0.1, -0.05) is 0 Å². The standard InChI is InChI=1S/C15H24N4OS/c1-15(2,19-4-7-20-8-5-19)13(16-3)10-12-11-18-6-9-21-14(18)17-12/h6,9,11,13,16H,4-5,7-8,10H2,1-3H3. The number of hydrogen-bond acceptors (Lipinski definition) is 5. The molecule has 0 aliphatic carbocycles. The van der Waals surface area contributed by atoms with Crippen LogP contribution in [-0.4, -0.2) is 59.2 Å². The molecule has 5 nitrogen and oxygen atoms in total. The van der Waals surface area contributed by atoms with E-state index in [1.165, 1.54) is 0 Å². The molecule has 1 N–H and O–H groups in total. The van der Waals surface area contributed by atoms with Gasteiger partial charge in [-0.3, -0.25) is 9.30 Å². The second-order valence-electron chi connectivity index (χ2n) is 6.12. The van der Waals surface area contributed by atoms with Crippen molar-refractivity contribution in [2.45, 2.75) is 31.8 Å². The molecule has 1 saturated heterocycles. The molecule has 2 aromatic rings. The number of nitrogens with one attached hydrogen (secondary N) is 1. The van der Waals surface area contributed by atoms with E-state index >= 15 is 0 Å². The molecule has 1 aliphatic rings. The molecule has 6 heteroatoms. The summed E-state index contributed by atoms with van der Waals surface area (Å²) in [5.74, 6) is 0. The second kappa shape index (κ2) is 6.04. The van der Waals surface area contributed by atoms with Crippen LogP contribution in [0.3, 0.4) is 0 Å². The highest BCUT2D eigenvalue weighted by Gasteiger charge is 2.35. The first-order chi connectivity index (χ1) is 10.1. The molecule has 1 aliphatic heterocycles. The van der Waals surface area contributed by atoms with E-state index in [1.807, 2.05) is 7.05 Å². The van der Waals surface area contributed by atoms with Crippen molar-refractivity contribution in [1.29, 1.82) is 0 Å². The van der Waals surface area contributed by atoms with Crippen molar-refractivity contribution in [3.63, 3.8) is 0 Å². The number of hydrogen-bond donors (Lipinski definition) is 1. The van der Waals surface area contributed by atoms with E-state index in [9.17, 15) is 0 Å². The molecule has 116 valence electrons. The molecule has 21 heavy (non-hydrogen) atoms. The third-order valence-electron chi connectivity index (χ3n) is 4.58. The minimum atomic E-state index is 0.0789. The van der Waals surface area contributed by atoms with Crippen LogP contribution in [0, 0.1) is 0 Å². The number of morpholine rings is 1. The van der Waals surface area contributed by atoms with E-state index in [2.05, 4.69) is 46.2 Å². The van der Waals surface area contributed by atoms with Crippen molar-refractivity contribution < 1.29 is 4.74 Å². The van der Waals surface area contributed by atoms with E-state index in [0.29, 0.717) is 6.04 Å². The van der Waals surface area contributed by atoms with Crippen LogP contribution >= 0.6 is 11.3 Å². The van der Waals surface area contributed by atoms with Gasteiger partial charge in [0.2, 0.25) is 0 Å². The van der Waals surface area contributed by atoms with Gasteiger partial charge in [-0.2, -0.15) is 0 Å². The number of rotatable bonds is 5. The fraction of sp³-hybridized carbons (Fsp3) is 0.667. The summed E-state index contributed by atoms with van der Waals surface area (Å²) >= 11 is 1.68. The molecular formula is C15H24N4OS. The monoisotopic (exact) mass is 308 g/mol. The van der Waals surface area contributed by atoms with Gasteiger partial charge in [-0.25, -0.2) is 4.98 Å². The summed E-state index contributed by atoms with van der Waals surface area (Å²) in [6, 6.07) is 0.361. The largest absolute Gasteiger partial charge is 0.379 e. The summed E-state index contributed by atoms with van der Waals surface area (Å²) in [5.41, 5.74) is 1.23. The first kappa shape index (κ1) is 15.0. The molecule has 0 spiro atoms. The highest BCUT2D eigenvalue weighted by Crippen LogP contribution is 2.23. The average Bonchev–Trinajstić information content (AvgIpc) is 3.06. The Morgan fingerprint density at radius 1 is 1.43 bits per heavy atom. The number of ether oxygens (including phenoxy) is 1. The smallest absolute Gasteiger partial charge is 0.193 e. The van der Waals surface area contributed by atoms with Gasteiger partial charge in [-0.05, 0) is 20.9 Å². The topological polar surface area (TPSA) is 41.8 Å². The number of fused-ring (bicyclic) bond motifs is 1. The van der Waals surface area contributed by atoms with Crippen LogP contribution in [0.15, 0.2) is 17.8 Å². The summed E-state index contributed by atoms with van der Waals surface area (Å²) in [7, 11) is 2.05. The third kappa shape index (κ3) is 2.99. The van der Waals surface area contributed by atoms with Gasteiger partial charge in [-0.15, -0.1) is 11.3 Å². The average molecular weight is 308 g/mol. The van der Waals surface area contributed by atoms with Gasteiger partial charge in [0.1, 0.15) is 0 Å². The lowest BCUT2D eigenvalue weighted by molar-refractivity contribution is -0.0224. The van der Waals surface area contributed by atoms with Gasteiger partial charge in [0.15, 0.2) is 4.96 Å². The quantitative estimate of drug-likeness (QED) is 0.912. The van der Waals surface area contributed by atoms with Crippen molar-refractivity contribution in [3.8, 4) is 0 Å². The van der Waals surface area contributed by atoms with E-state index in [1.54, 1.807) is 11.3 Å². The molecule has 2 aromatic heterocycles. The van der Waals surface area contributed by atoms with Crippen LogP contribution in [0.2, 0.25) is 0 Å². The lowest BCUT2D eigenvalue weighted by Crippen LogP contribution is -2.60. The maximum absolute atomic E-state index is 5.48. The molecular weight excluding hydrogens is 284 g/mol. The molecule has 1 atom stereocenters. The summed E-state index contributed by atoms with van der Waals surface area (Å²) in [4.78, 5) is 8.31. The SMILES string of the molecule is CNC(Cc1cn2ccsc2n1)C(C)(C)N1CCOCC1. The Kier molecular flexibility index (Phi) is 4.31. The van der Waals surface area contributed by atoms with Crippen molar-refractivity contribution in [3.05, 3.63) is 23.5 Å². The van der Waals surface area contributed by atoms with Crippen LogP contribution in [0.4, 0.5) is 0 Å². The van der Waals surface area contributed by atoms with Crippen LogP contribution in [0.5, 0.6) is 0 Å². The maximum atomic E-state index is 5.48. The van der Waals surface area contributed by atoms with E-state index in [0.717, 1.165) is 43.4 Å². The number of imidazole rings is 1. The molecule has 0 aromatic carbocycles. The number of likely N-dealkylation sites (N-methyl/N-ethyl adjacent to an activating group) is 1. The molecule has 0 bridgehead atoms. The highest BCUT2D eigenvalue weighted by atomic mass is 32.1. The number of nitrogens with zero attached hydrogens (tertiary/aromatic N) is 3. The Balaban J connectivity index is 1.75. The molecule has 0 radical (unpaired) electrons. The van der Waals surface area contributed by atoms with Gasteiger partial charge >= 0.3 is 0 Å². The van der Waals surface area contributed by atoms with Gasteiger partial charge in [0.25, 0.3) is 0 Å². The Labute approximate surface area is 129 Å². The minimum absolute atomic E-state index is 0.0789. The zero-order valence-electron chi connectivity index (χ0n) is 13.0. The van der Waals surface area contributed by atoms with E-state index in [4.69, 9.17) is 9.72 Å². The first-order valence-electron chi connectivity index (χ1n) is 7.52. The summed E-state index contributed by atoms with van der Waals surface area (Å²) in [6.07, 6.45) is 5.15. The predicted molar refractivity (Wildman–Crippen MR) is 86.1 cm³/mol. The van der Waals surface area contributed by atoms with Gasteiger partial charge in [0, 0.05) is 48.9 Å². The van der Waals surface area contributed by atoms with Crippen LogP contribution < -0.4 is 5.32 Å². The van der Waals surface area contributed by atoms with Crippen molar-refractivity contribution in [1.82, 2.24) is 19.6 Å². The molecule has 3 rings (SSSR count). The van der Waals surface area contributed by atoms with Crippen LogP contribution in [-0.2, 0) is 11.2 Å². The normalized spacial score (nSPS) is 19.2. The summed E-state index contributed by atoms with van der Waals surface area (Å²) in [5, 5.41) is 5.57. The lowest BCUT2D eigenvalue weighted by Gasteiger charge is -2.45. The van der Waals surface area contributed by atoms with E-state index in [-0.39, 0.29) is 5.54 Å². The first-order valence-corrected chi connectivity index (χ1v) is 8.40. The number of aromatic nitrogens is 2.